The van der Waals surface area contributed by atoms with Crippen molar-refractivity contribution in [2.45, 2.75) is 23.7 Å². The van der Waals surface area contributed by atoms with Crippen LogP contribution in [0.1, 0.15) is 23.5 Å². The van der Waals surface area contributed by atoms with Crippen LogP contribution >= 0.6 is 0 Å². The van der Waals surface area contributed by atoms with Gasteiger partial charge in [0.1, 0.15) is 0 Å². The maximum Gasteiger partial charge on any atom is 0.261 e. The van der Waals surface area contributed by atoms with E-state index in [1.807, 2.05) is 12.1 Å². The van der Waals surface area contributed by atoms with Crippen LogP contribution in [0, 0.1) is 5.92 Å². The van der Waals surface area contributed by atoms with Crippen molar-refractivity contribution < 1.29 is 8.42 Å². The molecule has 3 aliphatic heterocycles. The number of hydrogen-bond acceptors (Lipinski definition) is 4. The van der Waals surface area contributed by atoms with Gasteiger partial charge in [0.15, 0.2) is 0 Å². The van der Waals surface area contributed by atoms with Gasteiger partial charge in [-0.15, -0.1) is 0 Å². The summed E-state index contributed by atoms with van der Waals surface area (Å²) in [5, 5.41) is 3.52. The summed E-state index contributed by atoms with van der Waals surface area (Å²) in [6.07, 6.45) is 2.15. The molecule has 0 unspecified atom stereocenters. The molecule has 3 heterocycles. The van der Waals surface area contributed by atoms with Gasteiger partial charge in [-0.1, -0.05) is 18.2 Å². The van der Waals surface area contributed by atoms with E-state index in [-0.39, 0.29) is 0 Å². The molecule has 3 aliphatic rings. The molecule has 2 aromatic rings. The van der Waals surface area contributed by atoms with Crippen molar-refractivity contribution in [3.63, 3.8) is 0 Å². The van der Waals surface area contributed by atoms with Gasteiger partial charge in [-0.2, -0.15) is 0 Å². The molecule has 136 valence electrons. The molecule has 0 radical (unpaired) electrons. The Morgan fingerprint density at radius 2 is 1.96 bits per heavy atom. The largest absolute Gasteiger partial charge is 0.371 e. The van der Waals surface area contributed by atoms with Crippen molar-refractivity contribution in [3.05, 3.63) is 53.6 Å². The summed E-state index contributed by atoms with van der Waals surface area (Å²) < 4.78 is 28.3. The first-order valence-corrected chi connectivity index (χ1v) is 10.8. The Bertz CT molecular complexity index is 943. The second-order valence-electron chi connectivity index (χ2n) is 7.57. The molecule has 1 saturated heterocycles. The molecule has 0 bridgehead atoms. The Balaban J connectivity index is 1.57. The van der Waals surface area contributed by atoms with Crippen LogP contribution in [0.3, 0.4) is 0 Å². The number of sulfonamides is 1. The lowest BCUT2D eigenvalue weighted by molar-refractivity contribution is 0.470. The summed E-state index contributed by atoms with van der Waals surface area (Å²) in [6, 6.07) is 12.7. The monoisotopic (exact) mass is 369 g/mol. The minimum absolute atomic E-state index is 0.299. The Kier molecular flexibility index (Phi) is 3.72. The van der Waals surface area contributed by atoms with Gasteiger partial charge in [0.25, 0.3) is 10.0 Å². The van der Waals surface area contributed by atoms with E-state index in [2.05, 4.69) is 21.0 Å². The summed E-state index contributed by atoms with van der Waals surface area (Å²) in [7, 11) is -3.56. The van der Waals surface area contributed by atoms with E-state index in [0.717, 1.165) is 39.0 Å². The standard InChI is InChI=1S/C20H23N3O2S/c24-26(25,17-6-2-1-3-7-17)22-16-9-14-5-4-8-23-13-15-11-21-12-19(15)18(10-16)20(14)23/h1-3,6-7,9-10,15,19,21-22H,4-5,8,11-13H2/t15-,19-/m1/s1. The summed E-state index contributed by atoms with van der Waals surface area (Å²) >= 11 is 0. The SMILES string of the molecule is O=S(=O)(Nc1cc2c3c(c1)[C@@H]1CNC[C@@H]1CN3CCC2)c1ccccc1. The smallest absolute Gasteiger partial charge is 0.261 e. The Morgan fingerprint density at radius 3 is 2.81 bits per heavy atom. The summed E-state index contributed by atoms with van der Waals surface area (Å²) in [5.74, 6) is 1.11. The number of hydrogen-bond donors (Lipinski definition) is 2. The molecule has 26 heavy (non-hydrogen) atoms. The fourth-order valence-corrected chi connectivity index (χ4v) is 5.84. The number of nitrogens with zero attached hydrogens (tertiary/aromatic N) is 1. The molecular formula is C20H23N3O2S. The van der Waals surface area contributed by atoms with Crippen molar-refractivity contribution >= 4 is 21.4 Å². The van der Waals surface area contributed by atoms with Gasteiger partial charge in [0.2, 0.25) is 0 Å². The van der Waals surface area contributed by atoms with Crippen LogP contribution in [0.4, 0.5) is 11.4 Å². The molecule has 2 aromatic carbocycles. The molecule has 0 amide bonds. The zero-order valence-corrected chi connectivity index (χ0v) is 15.4. The number of anilines is 2. The van der Waals surface area contributed by atoms with Crippen LogP contribution in [-0.4, -0.2) is 34.6 Å². The minimum atomic E-state index is -3.56. The Morgan fingerprint density at radius 1 is 1.12 bits per heavy atom. The van der Waals surface area contributed by atoms with Gasteiger partial charge in [-0.25, -0.2) is 8.42 Å². The second-order valence-corrected chi connectivity index (χ2v) is 9.25. The first-order valence-electron chi connectivity index (χ1n) is 9.32. The highest BCUT2D eigenvalue weighted by atomic mass is 32.2. The first kappa shape index (κ1) is 16.1. The van der Waals surface area contributed by atoms with Crippen LogP contribution in [0.2, 0.25) is 0 Å². The minimum Gasteiger partial charge on any atom is -0.371 e. The number of aryl methyl sites for hydroxylation is 1. The summed E-state index contributed by atoms with van der Waals surface area (Å²) in [5.41, 5.74) is 4.65. The predicted molar refractivity (Wildman–Crippen MR) is 103 cm³/mol. The fraction of sp³-hybridized carbons (Fsp3) is 0.400. The third kappa shape index (κ3) is 2.59. The van der Waals surface area contributed by atoms with Crippen LogP contribution < -0.4 is 14.9 Å². The average molecular weight is 369 g/mol. The second kappa shape index (κ2) is 5.99. The third-order valence-corrected chi connectivity index (χ3v) is 7.31. The Labute approximate surface area is 154 Å². The lowest BCUT2D eigenvalue weighted by Crippen LogP contribution is -2.41. The molecule has 0 aliphatic carbocycles. The number of nitrogens with one attached hydrogen (secondary N) is 2. The molecule has 2 N–H and O–H groups in total. The van der Waals surface area contributed by atoms with E-state index in [4.69, 9.17) is 0 Å². The van der Waals surface area contributed by atoms with Gasteiger partial charge >= 0.3 is 0 Å². The zero-order valence-electron chi connectivity index (χ0n) is 14.6. The maximum atomic E-state index is 12.7. The van der Waals surface area contributed by atoms with Crippen LogP contribution in [-0.2, 0) is 16.4 Å². The molecule has 5 nitrogen and oxygen atoms in total. The van der Waals surface area contributed by atoms with E-state index < -0.39 is 10.0 Å². The molecule has 6 heteroatoms. The topological polar surface area (TPSA) is 61.4 Å². The van der Waals surface area contributed by atoms with E-state index >= 15 is 0 Å². The number of benzene rings is 2. The van der Waals surface area contributed by atoms with Crippen molar-refractivity contribution in [2.24, 2.45) is 5.92 Å². The van der Waals surface area contributed by atoms with E-state index in [9.17, 15) is 8.42 Å². The molecule has 5 rings (SSSR count). The summed E-state index contributed by atoms with van der Waals surface area (Å²) in [6.45, 7) is 4.26. The number of fused-ring (bicyclic) bond motifs is 2. The normalized spacial score (nSPS) is 24.1. The fourth-order valence-electron chi connectivity index (χ4n) is 4.78. The van der Waals surface area contributed by atoms with E-state index in [0.29, 0.717) is 22.4 Å². The van der Waals surface area contributed by atoms with Gasteiger partial charge < -0.3 is 10.2 Å². The molecule has 0 aromatic heterocycles. The highest BCUT2D eigenvalue weighted by Gasteiger charge is 2.39. The van der Waals surface area contributed by atoms with Gasteiger partial charge in [0.05, 0.1) is 4.90 Å². The zero-order chi connectivity index (χ0) is 17.7. The van der Waals surface area contributed by atoms with Crippen molar-refractivity contribution in [1.29, 1.82) is 0 Å². The van der Waals surface area contributed by atoms with Gasteiger partial charge in [-0.3, -0.25) is 4.72 Å². The first-order chi connectivity index (χ1) is 12.6. The van der Waals surface area contributed by atoms with Crippen molar-refractivity contribution in [1.82, 2.24) is 5.32 Å². The van der Waals surface area contributed by atoms with Crippen LogP contribution in [0.5, 0.6) is 0 Å². The molecule has 2 atom stereocenters. The van der Waals surface area contributed by atoms with Gasteiger partial charge in [-0.05, 0) is 54.2 Å². The average Bonchev–Trinajstić information content (AvgIpc) is 3.11. The number of rotatable bonds is 3. The highest BCUT2D eigenvalue weighted by Crippen LogP contribution is 2.45. The van der Waals surface area contributed by atoms with E-state index in [1.165, 1.54) is 16.8 Å². The lowest BCUT2D eigenvalue weighted by Gasteiger charge is -2.42. The van der Waals surface area contributed by atoms with E-state index in [1.54, 1.807) is 24.3 Å². The van der Waals surface area contributed by atoms with Crippen molar-refractivity contribution in [3.8, 4) is 0 Å². The van der Waals surface area contributed by atoms with Crippen LogP contribution in [0.25, 0.3) is 0 Å². The lowest BCUT2D eigenvalue weighted by atomic mass is 9.80. The third-order valence-electron chi connectivity index (χ3n) is 5.91. The maximum absolute atomic E-state index is 12.7. The molecule has 1 fully saturated rings. The molecular weight excluding hydrogens is 346 g/mol. The van der Waals surface area contributed by atoms with Crippen molar-refractivity contribution in [2.75, 3.05) is 35.8 Å². The van der Waals surface area contributed by atoms with Gasteiger partial charge in [0, 0.05) is 43.5 Å². The predicted octanol–water partition coefficient (Wildman–Crippen LogP) is 2.56. The molecule has 0 saturated carbocycles. The quantitative estimate of drug-likeness (QED) is 0.873. The highest BCUT2D eigenvalue weighted by molar-refractivity contribution is 7.92. The summed E-state index contributed by atoms with van der Waals surface area (Å²) in [4.78, 5) is 2.81. The molecule has 0 spiro atoms. The Hall–Kier alpha value is -2.05. The van der Waals surface area contributed by atoms with Crippen LogP contribution in [0.15, 0.2) is 47.4 Å².